The van der Waals surface area contributed by atoms with Gasteiger partial charge in [-0.25, -0.2) is 4.79 Å². The van der Waals surface area contributed by atoms with Crippen molar-refractivity contribution >= 4 is 29.2 Å². The molecule has 2 aromatic rings. The van der Waals surface area contributed by atoms with Gasteiger partial charge in [0, 0.05) is 49.0 Å². The van der Waals surface area contributed by atoms with Crippen molar-refractivity contribution in [2.75, 3.05) is 38.2 Å². The maximum atomic E-state index is 12.6. The lowest BCUT2D eigenvalue weighted by molar-refractivity contribution is -0.122. The van der Waals surface area contributed by atoms with Crippen molar-refractivity contribution < 1.29 is 14.3 Å². The molecule has 0 unspecified atom stereocenters. The number of nitrogens with zero attached hydrogens (tertiary/aromatic N) is 2. The number of piperazine rings is 1. The number of urea groups is 1. The molecule has 1 heterocycles. The number of ether oxygens (including phenoxy) is 1. The van der Waals surface area contributed by atoms with E-state index < -0.39 is 6.04 Å². The SMILES string of the molecule is COc1ccccc1CNC(=O)[C@@H](C)NC(=O)N1CCN(c2ccc(Cl)cc2)CC1. The molecule has 0 spiro atoms. The Hall–Kier alpha value is -2.93. The van der Waals surface area contributed by atoms with Gasteiger partial charge in [0.15, 0.2) is 0 Å². The van der Waals surface area contributed by atoms with Gasteiger partial charge in [0.2, 0.25) is 5.91 Å². The van der Waals surface area contributed by atoms with Gasteiger partial charge in [0.1, 0.15) is 11.8 Å². The van der Waals surface area contributed by atoms with Crippen LogP contribution in [0.15, 0.2) is 48.5 Å². The van der Waals surface area contributed by atoms with E-state index >= 15 is 0 Å². The second-order valence-electron chi connectivity index (χ2n) is 7.15. The van der Waals surface area contributed by atoms with Gasteiger partial charge in [-0.15, -0.1) is 0 Å². The van der Waals surface area contributed by atoms with Crippen molar-refractivity contribution in [2.24, 2.45) is 0 Å². The molecule has 3 amide bonds. The molecule has 8 heteroatoms. The Kier molecular flexibility index (Phi) is 7.41. The maximum absolute atomic E-state index is 12.6. The Morgan fingerprint density at radius 1 is 1.07 bits per heavy atom. The molecule has 30 heavy (non-hydrogen) atoms. The fraction of sp³-hybridized carbons (Fsp3) is 0.364. The smallest absolute Gasteiger partial charge is 0.318 e. The second kappa shape index (κ2) is 10.2. The normalized spacial score (nSPS) is 14.8. The number of hydrogen-bond donors (Lipinski definition) is 2. The van der Waals surface area contributed by atoms with Crippen molar-refractivity contribution in [1.29, 1.82) is 0 Å². The third-order valence-electron chi connectivity index (χ3n) is 5.14. The zero-order valence-electron chi connectivity index (χ0n) is 17.2. The molecule has 1 saturated heterocycles. The molecule has 0 bridgehead atoms. The minimum absolute atomic E-state index is 0.231. The molecule has 7 nitrogen and oxygen atoms in total. The highest BCUT2D eigenvalue weighted by Crippen LogP contribution is 2.19. The standard InChI is InChI=1S/C22H27ClN4O3/c1-16(21(28)24-15-17-5-3-4-6-20(17)30-2)25-22(29)27-13-11-26(12-14-27)19-9-7-18(23)8-10-19/h3-10,16H,11-15H2,1-2H3,(H,24,28)(H,25,29)/t16-/m1/s1. The van der Waals surface area contributed by atoms with Crippen molar-refractivity contribution in [3.8, 4) is 5.75 Å². The van der Waals surface area contributed by atoms with Crippen LogP contribution in [0.5, 0.6) is 5.75 Å². The number of nitrogens with one attached hydrogen (secondary N) is 2. The van der Waals surface area contributed by atoms with Gasteiger partial charge in [0.25, 0.3) is 0 Å². The number of para-hydroxylation sites is 1. The summed E-state index contributed by atoms with van der Waals surface area (Å²) in [5, 5.41) is 6.33. The fourth-order valence-electron chi connectivity index (χ4n) is 3.35. The van der Waals surface area contributed by atoms with E-state index in [2.05, 4.69) is 15.5 Å². The van der Waals surface area contributed by atoms with Gasteiger partial charge >= 0.3 is 6.03 Å². The van der Waals surface area contributed by atoms with E-state index in [1.165, 1.54) is 0 Å². The summed E-state index contributed by atoms with van der Waals surface area (Å²) in [7, 11) is 1.59. The fourth-order valence-corrected chi connectivity index (χ4v) is 3.47. The van der Waals surface area contributed by atoms with Crippen LogP contribution in [0.4, 0.5) is 10.5 Å². The van der Waals surface area contributed by atoms with Crippen LogP contribution in [-0.4, -0.2) is 56.2 Å². The number of benzene rings is 2. The molecule has 160 valence electrons. The number of carbonyl (C=O) groups excluding carboxylic acids is 2. The minimum atomic E-state index is -0.637. The Balaban J connectivity index is 1.45. The third kappa shape index (κ3) is 5.57. The lowest BCUT2D eigenvalue weighted by Gasteiger charge is -2.36. The van der Waals surface area contributed by atoms with E-state index in [0.717, 1.165) is 24.3 Å². The van der Waals surface area contributed by atoms with Crippen molar-refractivity contribution in [1.82, 2.24) is 15.5 Å². The van der Waals surface area contributed by atoms with Crippen molar-refractivity contribution in [2.45, 2.75) is 19.5 Å². The van der Waals surface area contributed by atoms with Gasteiger partial charge in [-0.1, -0.05) is 29.8 Å². The number of halogens is 1. The van der Waals surface area contributed by atoms with Crippen LogP contribution < -0.4 is 20.3 Å². The molecule has 1 atom stereocenters. The largest absolute Gasteiger partial charge is 0.496 e. The predicted molar refractivity (Wildman–Crippen MR) is 118 cm³/mol. The van der Waals surface area contributed by atoms with Gasteiger partial charge in [-0.3, -0.25) is 4.79 Å². The molecule has 0 aliphatic carbocycles. The van der Waals surface area contributed by atoms with Crippen LogP contribution in [0.3, 0.4) is 0 Å². The molecule has 0 radical (unpaired) electrons. The first kappa shape index (κ1) is 21.8. The van der Waals surface area contributed by atoms with Gasteiger partial charge < -0.3 is 25.2 Å². The summed E-state index contributed by atoms with van der Waals surface area (Å²) >= 11 is 5.94. The molecule has 1 aliphatic heterocycles. The molecular weight excluding hydrogens is 404 g/mol. The highest BCUT2D eigenvalue weighted by Gasteiger charge is 2.24. The Bertz CT molecular complexity index is 867. The molecule has 1 aliphatic rings. The molecule has 0 aromatic heterocycles. The zero-order valence-corrected chi connectivity index (χ0v) is 18.0. The highest BCUT2D eigenvalue weighted by atomic mass is 35.5. The minimum Gasteiger partial charge on any atom is -0.496 e. The van der Waals surface area contributed by atoms with Crippen LogP contribution in [0.25, 0.3) is 0 Å². The Labute approximate surface area is 181 Å². The number of amides is 3. The molecule has 2 N–H and O–H groups in total. The lowest BCUT2D eigenvalue weighted by Crippen LogP contribution is -2.55. The Morgan fingerprint density at radius 2 is 1.73 bits per heavy atom. The quantitative estimate of drug-likeness (QED) is 0.739. The summed E-state index contributed by atoms with van der Waals surface area (Å²) < 4.78 is 5.29. The molecule has 0 saturated carbocycles. The molecule has 2 aromatic carbocycles. The van der Waals surface area contributed by atoms with E-state index in [4.69, 9.17) is 16.3 Å². The van der Waals surface area contributed by atoms with Crippen molar-refractivity contribution in [3.63, 3.8) is 0 Å². The number of rotatable bonds is 6. The van der Waals surface area contributed by atoms with Crippen LogP contribution in [0, 0.1) is 0 Å². The van der Waals surface area contributed by atoms with Crippen LogP contribution >= 0.6 is 11.6 Å². The summed E-state index contributed by atoms with van der Waals surface area (Å²) in [6.07, 6.45) is 0. The first-order valence-electron chi connectivity index (χ1n) is 9.93. The third-order valence-corrected chi connectivity index (χ3v) is 5.39. The van der Waals surface area contributed by atoms with E-state index in [0.29, 0.717) is 30.4 Å². The first-order chi connectivity index (χ1) is 14.5. The van der Waals surface area contributed by atoms with Crippen molar-refractivity contribution in [3.05, 3.63) is 59.1 Å². The topological polar surface area (TPSA) is 73.9 Å². The van der Waals surface area contributed by atoms with E-state index in [-0.39, 0.29) is 11.9 Å². The first-order valence-corrected chi connectivity index (χ1v) is 10.3. The lowest BCUT2D eigenvalue weighted by atomic mass is 10.2. The zero-order chi connectivity index (χ0) is 21.5. The predicted octanol–water partition coefficient (Wildman–Crippen LogP) is 2.89. The molecule has 1 fully saturated rings. The highest BCUT2D eigenvalue weighted by molar-refractivity contribution is 6.30. The summed E-state index contributed by atoms with van der Waals surface area (Å²) in [4.78, 5) is 28.9. The van der Waals surface area contributed by atoms with Crippen LogP contribution in [0.2, 0.25) is 5.02 Å². The summed E-state index contributed by atoms with van der Waals surface area (Å²) in [6, 6.07) is 14.3. The average molecular weight is 431 g/mol. The van der Waals surface area contributed by atoms with E-state index in [1.807, 2.05) is 48.5 Å². The van der Waals surface area contributed by atoms with E-state index in [9.17, 15) is 9.59 Å². The number of anilines is 1. The average Bonchev–Trinajstić information content (AvgIpc) is 2.78. The second-order valence-corrected chi connectivity index (χ2v) is 7.59. The summed E-state index contributed by atoms with van der Waals surface area (Å²) in [5.74, 6) is 0.474. The number of methoxy groups -OCH3 is 1. The summed E-state index contributed by atoms with van der Waals surface area (Å²) in [6.45, 7) is 4.64. The Morgan fingerprint density at radius 3 is 2.40 bits per heavy atom. The van der Waals surface area contributed by atoms with Gasteiger partial charge in [-0.2, -0.15) is 0 Å². The molecule has 3 rings (SSSR count). The maximum Gasteiger partial charge on any atom is 0.318 e. The monoisotopic (exact) mass is 430 g/mol. The number of hydrogen-bond acceptors (Lipinski definition) is 4. The van der Waals surface area contributed by atoms with Crippen LogP contribution in [0.1, 0.15) is 12.5 Å². The van der Waals surface area contributed by atoms with Gasteiger partial charge in [0.05, 0.1) is 7.11 Å². The number of carbonyl (C=O) groups is 2. The van der Waals surface area contributed by atoms with Crippen LogP contribution in [-0.2, 0) is 11.3 Å². The summed E-state index contributed by atoms with van der Waals surface area (Å²) in [5.41, 5.74) is 1.97. The molecular formula is C22H27ClN4O3. The van der Waals surface area contributed by atoms with E-state index in [1.54, 1.807) is 18.9 Å². The van der Waals surface area contributed by atoms with Gasteiger partial charge in [-0.05, 0) is 37.3 Å².